The number of amides is 3. The average Bonchev–Trinajstić information content (AvgIpc) is 2.62. The standard InChI is InChI=1S/C18H14F2N4O3S/c1-9(15(25)23-17(21)27)28-18-22-13-5-3-2-4-11(13)16(26)24(18)14-7-6-10(19)8-12(14)20/h2-9H,1H3,(H3,21,23,25,27)/t9-/m1/s1. The molecule has 1 heterocycles. The third-order valence-electron chi connectivity index (χ3n) is 3.79. The predicted molar refractivity (Wildman–Crippen MR) is 100 cm³/mol. The van der Waals surface area contributed by atoms with Crippen molar-refractivity contribution in [3.63, 3.8) is 0 Å². The van der Waals surface area contributed by atoms with E-state index < -0.39 is 34.4 Å². The van der Waals surface area contributed by atoms with E-state index in [0.717, 1.165) is 28.5 Å². The number of hydrogen-bond acceptors (Lipinski definition) is 5. The van der Waals surface area contributed by atoms with Gasteiger partial charge in [-0.3, -0.25) is 19.5 Å². The molecule has 0 aliphatic heterocycles. The molecule has 1 aromatic heterocycles. The Hall–Kier alpha value is -3.27. The smallest absolute Gasteiger partial charge is 0.318 e. The Morgan fingerprint density at radius 1 is 1.21 bits per heavy atom. The van der Waals surface area contributed by atoms with Crippen LogP contribution >= 0.6 is 11.8 Å². The maximum Gasteiger partial charge on any atom is 0.318 e. The van der Waals surface area contributed by atoms with E-state index >= 15 is 0 Å². The lowest BCUT2D eigenvalue weighted by atomic mass is 10.2. The Balaban J connectivity index is 2.19. The number of thioether (sulfide) groups is 1. The van der Waals surface area contributed by atoms with E-state index in [1.807, 2.05) is 5.32 Å². The number of nitrogens with two attached hydrogens (primary N) is 1. The molecule has 3 aromatic rings. The van der Waals surface area contributed by atoms with Gasteiger partial charge in [-0.05, 0) is 31.2 Å². The summed E-state index contributed by atoms with van der Waals surface area (Å²) in [4.78, 5) is 40.2. The van der Waals surface area contributed by atoms with Crippen LogP contribution in [0.2, 0.25) is 0 Å². The minimum Gasteiger partial charge on any atom is -0.351 e. The van der Waals surface area contributed by atoms with Crippen molar-refractivity contribution >= 4 is 34.6 Å². The second-order valence-corrected chi connectivity index (χ2v) is 7.07. The van der Waals surface area contributed by atoms with Crippen LogP contribution in [0.1, 0.15) is 6.92 Å². The molecule has 0 fully saturated rings. The van der Waals surface area contributed by atoms with Gasteiger partial charge in [0.15, 0.2) is 5.16 Å². The number of para-hydroxylation sites is 1. The molecule has 0 radical (unpaired) electrons. The van der Waals surface area contributed by atoms with Crippen LogP contribution in [-0.4, -0.2) is 26.7 Å². The van der Waals surface area contributed by atoms with E-state index in [1.165, 1.54) is 13.0 Å². The quantitative estimate of drug-likeness (QED) is 0.513. The summed E-state index contributed by atoms with van der Waals surface area (Å²) in [5.74, 6) is -2.47. The molecule has 7 nitrogen and oxygen atoms in total. The molecule has 0 spiro atoms. The van der Waals surface area contributed by atoms with Gasteiger partial charge < -0.3 is 5.73 Å². The number of aromatic nitrogens is 2. The number of carbonyl (C=O) groups excluding carboxylic acids is 2. The fourth-order valence-corrected chi connectivity index (χ4v) is 3.42. The minimum absolute atomic E-state index is 0.00123. The first kappa shape index (κ1) is 19.5. The van der Waals surface area contributed by atoms with Gasteiger partial charge >= 0.3 is 6.03 Å². The summed E-state index contributed by atoms with van der Waals surface area (Å²) in [6, 6.07) is 8.18. The molecule has 0 aliphatic carbocycles. The summed E-state index contributed by atoms with van der Waals surface area (Å²) in [5, 5.41) is 1.28. The normalized spacial score (nSPS) is 12.0. The fourth-order valence-electron chi connectivity index (χ4n) is 2.50. The molecule has 3 rings (SSSR count). The SMILES string of the molecule is C[C@@H](Sc1nc2ccccc2c(=O)n1-c1ccc(F)cc1F)C(=O)NC(N)=O. The number of primary amides is 1. The molecule has 144 valence electrons. The fraction of sp³-hybridized carbons (Fsp3) is 0.111. The molecule has 0 saturated carbocycles. The Bertz CT molecular complexity index is 1150. The molecule has 0 saturated heterocycles. The monoisotopic (exact) mass is 404 g/mol. The average molecular weight is 404 g/mol. The Labute approximate surface area is 161 Å². The highest BCUT2D eigenvalue weighted by Gasteiger charge is 2.22. The third-order valence-corrected chi connectivity index (χ3v) is 4.85. The van der Waals surface area contributed by atoms with Crippen molar-refractivity contribution in [1.82, 2.24) is 14.9 Å². The Morgan fingerprint density at radius 2 is 1.93 bits per heavy atom. The second-order valence-electron chi connectivity index (χ2n) is 5.76. The van der Waals surface area contributed by atoms with Gasteiger partial charge in [0.25, 0.3) is 5.56 Å². The van der Waals surface area contributed by atoms with E-state index in [2.05, 4.69) is 4.98 Å². The molecule has 3 amide bonds. The maximum atomic E-state index is 14.4. The summed E-state index contributed by atoms with van der Waals surface area (Å²) in [5.41, 5.74) is 4.49. The third kappa shape index (κ3) is 3.86. The summed E-state index contributed by atoms with van der Waals surface area (Å²) >= 11 is 0.829. The molecular weight excluding hydrogens is 390 g/mol. The van der Waals surface area contributed by atoms with Crippen LogP contribution in [0.5, 0.6) is 0 Å². The van der Waals surface area contributed by atoms with Crippen LogP contribution in [0.4, 0.5) is 13.6 Å². The van der Waals surface area contributed by atoms with Crippen LogP contribution in [0.15, 0.2) is 52.4 Å². The molecule has 1 atom stereocenters. The Kier molecular flexibility index (Phi) is 5.41. The number of hydrogen-bond donors (Lipinski definition) is 2. The first-order valence-corrected chi connectivity index (χ1v) is 8.90. The number of halogens is 2. The number of urea groups is 1. The maximum absolute atomic E-state index is 14.4. The Morgan fingerprint density at radius 3 is 2.61 bits per heavy atom. The number of nitrogens with zero attached hydrogens (tertiary/aromatic N) is 2. The molecule has 10 heteroatoms. The number of fused-ring (bicyclic) bond motifs is 1. The molecule has 0 bridgehead atoms. The van der Waals surface area contributed by atoms with Crippen LogP contribution in [0.3, 0.4) is 0 Å². The summed E-state index contributed by atoms with van der Waals surface area (Å²) in [6.45, 7) is 1.47. The molecule has 0 aliphatic rings. The van der Waals surface area contributed by atoms with Crippen LogP contribution in [0.25, 0.3) is 16.6 Å². The number of nitrogens with one attached hydrogen (secondary N) is 1. The highest BCUT2D eigenvalue weighted by molar-refractivity contribution is 8.00. The van der Waals surface area contributed by atoms with Crippen LogP contribution < -0.4 is 16.6 Å². The van der Waals surface area contributed by atoms with Gasteiger partial charge in [-0.1, -0.05) is 23.9 Å². The lowest BCUT2D eigenvalue weighted by molar-refractivity contribution is -0.119. The van der Waals surface area contributed by atoms with Gasteiger partial charge in [0.2, 0.25) is 5.91 Å². The number of benzene rings is 2. The lowest BCUT2D eigenvalue weighted by Gasteiger charge is -2.16. The van der Waals surface area contributed by atoms with Crippen LogP contribution in [-0.2, 0) is 4.79 Å². The second kappa shape index (κ2) is 7.77. The molecule has 28 heavy (non-hydrogen) atoms. The summed E-state index contributed by atoms with van der Waals surface area (Å²) in [6.07, 6.45) is 0. The highest BCUT2D eigenvalue weighted by atomic mass is 32.2. The first-order valence-electron chi connectivity index (χ1n) is 8.02. The zero-order valence-corrected chi connectivity index (χ0v) is 15.3. The van der Waals surface area contributed by atoms with Crippen LogP contribution in [0, 0.1) is 11.6 Å². The number of imide groups is 1. The van der Waals surface area contributed by atoms with Gasteiger partial charge in [-0.25, -0.2) is 18.6 Å². The minimum atomic E-state index is -1.02. The molecular formula is C18H14F2N4O3S. The predicted octanol–water partition coefficient (Wildman–Crippen LogP) is 2.34. The van der Waals surface area contributed by atoms with Crippen molar-refractivity contribution in [1.29, 1.82) is 0 Å². The van der Waals surface area contributed by atoms with E-state index in [-0.39, 0.29) is 16.2 Å². The molecule has 3 N–H and O–H groups in total. The first-order chi connectivity index (χ1) is 13.3. The van der Waals surface area contributed by atoms with Crippen molar-refractivity contribution in [3.05, 3.63) is 64.5 Å². The van der Waals surface area contributed by atoms with Crippen molar-refractivity contribution < 1.29 is 18.4 Å². The van der Waals surface area contributed by atoms with E-state index in [4.69, 9.17) is 5.73 Å². The number of rotatable bonds is 4. The lowest BCUT2D eigenvalue weighted by Crippen LogP contribution is -2.39. The largest absolute Gasteiger partial charge is 0.351 e. The topological polar surface area (TPSA) is 107 Å². The zero-order chi connectivity index (χ0) is 20.4. The number of carbonyl (C=O) groups is 2. The summed E-state index contributed by atoms with van der Waals surface area (Å²) in [7, 11) is 0. The van der Waals surface area contributed by atoms with Gasteiger partial charge in [-0.2, -0.15) is 0 Å². The van der Waals surface area contributed by atoms with Gasteiger partial charge in [0.05, 0.1) is 21.8 Å². The van der Waals surface area contributed by atoms with E-state index in [1.54, 1.807) is 18.2 Å². The van der Waals surface area contributed by atoms with Crippen molar-refractivity contribution in [2.24, 2.45) is 5.73 Å². The van der Waals surface area contributed by atoms with Gasteiger partial charge in [0.1, 0.15) is 11.6 Å². The van der Waals surface area contributed by atoms with E-state index in [0.29, 0.717) is 11.6 Å². The van der Waals surface area contributed by atoms with Gasteiger partial charge in [0, 0.05) is 6.07 Å². The van der Waals surface area contributed by atoms with Crippen molar-refractivity contribution in [2.45, 2.75) is 17.3 Å². The van der Waals surface area contributed by atoms with E-state index in [9.17, 15) is 23.2 Å². The summed E-state index contributed by atoms with van der Waals surface area (Å²) < 4.78 is 28.7. The molecule has 0 unspecified atom stereocenters. The molecule has 2 aromatic carbocycles. The van der Waals surface area contributed by atoms with Crippen molar-refractivity contribution in [3.8, 4) is 5.69 Å². The zero-order valence-electron chi connectivity index (χ0n) is 14.5. The highest BCUT2D eigenvalue weighted by Crippen LogP contribution is 2.26. The van der Waals surface area contributed by atoms with Crippen molar-refractivity contribution in [2.75, 3.05) is 0 Å². The van der Waals surface area contributed by atoms with Gasteiger partial charge in [-0.15, -0.1) is 0 Å².